The number of aromatic carboxylic acids is 1. The van der Waals surface area contributed by atoms with E-state index in [1.807, 2.05) is 0 Å². The van der Waals surface area contributed by atoms with Crippen LogP contribution in [0.4, 0.5) is 10.1 Å². The van der Waals surface area contributed by atoms with E-state index in [2.05, 4.69) is 0 Å². The Morgan fingerprint density at radius 2 is 2.00 bits per heavy atom. The molecule has 0 heterocycles. The summed E-state index contributed by atoms with van der Waals surface area (Å²) in [5, 5.41) is 9.00. The summed E-state index contributed by atoms with van der Waals surface area (Å²) < 4.78 is 18.6. The number of nitrogens with two attached hydrogens (primary N) is 1. The van der Waals surface area contributed by atoms with Gasteiger partial charge in [0.25, 0.3) is 0 Å². The maximum atomic E-state index is 13.3. The maximum absolute atomic E-state index is 13.3. The Balaban J connectivity index is 2.37. The van der Waals surface area contributed by atoms with Gasteiger partial charge in [0.05, 0.1) is 5.02 Å². The van der Waals surface area contributed by atoms with Crippen LogP contribution in [-0.2, 0) is 0 Å². The Bertz CT molecular complexity index is 646. The van der Waals surface area contributed by atoms with Crippen molar-refractivity contribution < 1.29 is 19.0 Å². The smallest absolute Gasteiger partial charge is 0.339 e. The maximum Gasteiger partial charge on any atom is 0.339 e. The first-order valence-corrected chi connectivity index (χ1v) is 5.61. The summed E-state index contributed by atoms with van der Waals surface area (Å²) in [5.41, 5.74) is 5.70. The number of anilines is 1. The summed E-state index contributed by atoms with van der Waals surface area (Å²) in [6.07, 6.45) is 0. The van der Waals surface area contributed by atoms with Crippen LogP contribution < -0.4 is 10.5 Å². The van der Waals surface area contributed by atoms with Crippen LogP contribution in [-0.4, -0.2) is 11.1 Å². The second kappa shape index (κ2) is 5.16. The standard InChI is InChI=1S/C13H9ClFNO3/c14-10-3-2-8(6-11(10)15)19-12-4-1-7(16)5-9(12)13(17)18/h1-6H,16H2,(H,17,18). The first-order valence-electron chi connectivity index (χ1n) is 5.23. The number of carboxylic acids is 1. The SMILES string of the molecule is Nc1ccc(Oc2ccc(Cl)c(F)c2)c(C(=O)O)c1. The average molecular weight is 282 g/mol. The van der Waals surface area contributed by atoms with Crippen LogP contribution in [0.15, 0.2) is 36.4 Å². The summed E-state index contributed by atoms with van der Waals surface area (Å²) in [5.74, 6) is -1.61. The first-order chi connectivity index (χ1) is 8.97. The Morgan fingerprint density at radius 1 is 1.26 bits per heavy atom. The fourth-order valence-corrected chi connectivity index (χ4v) is 1.59. The normalized spacial score (nSPS) is 10.2. The van der Waals surface area contributed by atoms with Crippen molar-refractivity contribution in [1.82, 2.24) is 0 Å². The second-order valence-corrected chi connectivity index (χ2v) is 4.15. The number of hydrogen-bond acceptors (Lipinski definition) is 3. The zero-order chi connectivity index (χ0) is 14.0. The topological polar surface area (TPSA) is 72.5 Å². The Kier molecular flexibility index (Phi) is 3.57. The molecule has 19 heavy (non-hydrogen) atoms. The lowest BCUT2D eigenvalue weighted by Gasteiger charge is -2.09. The molecule has 0 atom stereocenters. The highest BCUT2D eigenvalue weighted by Crippen LogP contribution is 2.29. The molecule has 4 nitrogen and oxygen atoms in total. The molecule has 0 unspecified atom stereocenters. The molecule has 0 fully saturated rings. The number of halogens is 2. The molecule has 0 aromatic heterocycles. The van der Waals surface area contributed by atoms with Crippen molar-refractivity contribution >= 4 is 23.3 Å². The van der Waals surface area contributed by atoms with Gasteiger partial charge in [0.2, 0.25) is 0 Å². The molecular formula is C13H9ClFNO3. The highest BCUT2D eigenvalue weighted by Gasteiger charge is 2.13. The summed E-state index contributed by atoms with van der Waals surface area (Å²) in [7, 11) is 0. The Labute approximate surface area is 113 Å². The van der Waals surface area contributed by atoms with E-state index in [0.717, 1.165) is 6.07 Å². The quantitative estimate of drug-likeness (QED) is 0.844. The summed E-state index contributed by atoms with van der Waals surface area (Å²) in [6, 6.07) is 8.00. The lowest BCUT2D eigenvalue weighted by Crippen LogP contribution is -2.01. The number of ether oxygens (including phenoxy) is 1. The largest absolute Gasteiger partial charge is 0.478 e. The molecule has 0 radical (unpaired) electrons. The van der Waals surface area contributed by atoms with E-state index in [-0.39, 0.29) is 22.1 Å². The lowest BCUT2D eigenvalue weighted by atomic mass is 10.2. The molecule has 0 aliphatic heterocycles. The van der Waals surface area contributed by atoms with E-state index in [4.69, 9.17) is 27.2 Å². The van der Waals surface area contributed by atoms with Crippen molar-refractivity contribution in [1.29, 1.82) is 0 Å². The van der Waals surface area contributed by atoms with E-state index in [1.165, 1.54) is 30.3 Å². The predicted molar refractivity (Wildman–Crippen MR) is 69.3 cm³/mol. The monoisotopic (exact) mass is 281 g/mol. The summed E-state index contributed by atoms with van der Waals surface area (Å²) >= 11 is 5.54. The van der Waals surface area contributed by atoms with Gasteiger partial charge in [-0.05, 0) is 30.3 Å². The van der Waals surface area contributed by atoms with Gasteiger partial charge in [0.15, 0.2) is 0 Å². The lowest BCUT2D eigenvalue weighted by molar-refractivity contribution is 0.0694. The van der Waals surface area contributed by atoms with Crippen LogP contribution >= 0.6 is 11.6 Å². The molecule has 0 aliphatic carbocycles. The number of hydrogen-bond donors (Lipinski definition) is 2. The molecule has 0 saturated heterocycles. The molecule has 0 saturated carbocycles. The van der Waals surface area contributed by atoms with Gasteiger partial charge in [0, 0.05) is 11.8 Å². The Morgan fingerprint density at radius 3 is 2.63 bits per heavy atom. The minimum atomic E-state index is -1.18. The molecule has 0 amide bonds. The van der Waals surface area contributed by atoms with Gasteiger partial charge >= 0.3 is 5.97 Å². The molecule has 0 spiro atoms. The minimum Gasteiger partial charge on any atom is -0.478 e. The highest BCUT2D eigenvalue weighted by molar-refractivity contribution is 6.30. The first kappa shape index (κ1) is 13.2. The van der Waals surface area contributed by atoms with Crippen molar-refractivity contribution in [2.24, 2.45) is 0 Å². The molecule has 98 valence electrons. The molecule has 3 N–H and O–H groups in total. The second-order valence-electron chi connectivity index (χ2n) is 3.74. The van der Waals surface area contributed by atoms with E-state index < -0.39 is 11.8 Å². The number of benzene rings is 2. The molecular weight excluding hydrogens is 273 g/mol. The van der Waals surface area contributed by atoms with Crippen molar-refractivity contribution in [2.45, 2.75) is 0 Å². The van der Waals surface area contributed by atoms with Crippen LogP contribution in [0.25, 0.3) is 0 Å². The minimum absolute atomic E-state index is 0.0388. The van der Waals surface area contributed by atoms with E-state index in [1.54, 1.807) is 0 Å². The van der Waals surface area contributed by atoms with Crippen molar-refractivity contribution in [3.8, 4) is 11.5 Å². The van der Waals surface area contributed by atoms with Crippen molar-refractivity contribution in [3.05, 3.63) is 52.8 Å². The van der Waals surface area contributed by atoms with Gasteiger partial charge in [-0.25, -0.2) is 9.18 Å². The van der Waals surface area contributed by atoms with E-state index in [9.17, 15) is 9.18 Å². The van der Waals surface area contributed by atoms with Crippen molar-refractivity contribution in [2.75, 3.05) is 5.73 Å². The van der Waals surface area contributed by atoms with E-state index in [0.29, 0.717) is 5.69 Å². The zero-order valence-corrected chi connectivity index (χ0v) is 10.3. The fraction of sp³-hybridized carbons (Fsp3) is 0. The fourth-order valence-electron chi connectivity index (χ4n) is 1.47. The molecule has 0 bridgehead atoms. The van der Waals surface area contributed by atoms with Gasteiger partial charge in [-0.2, -0.15) is 0 Å². The van der Waals surface area contributed by atoms with Crippen LogP contribution in [0.1, 0.15) is 10.4 Å². The Hall–Kier alpha value is -2.27. The summed E-state index contributed by atoms with van der Waals surface area (Å²) in [4.78, 5) is 11.1. The van der Waals surface area contributed by atoms with Crippen LogP contribution in [0.3, 0.4) is 0 Å². The van der Waals surface area contributed by atoms with Crippen molar-refractivity contribution in [3.63, 3.8) is 0 Å². The van der Waals surface area contributed by atoms with Gasteiger partial charge in [-0.15, -0.1) is 0 Å². The number of rotatable bonds is 3. The number of nitrogen functional groups attached to an aromatic ring is 1. The third-order valence-electron chi connectivity index (χ3n) is 2.35. The van der Waals surface area contributed by atoms with Crippen LogP contribution in [0.5, 0.6) is 11.5 Å². The molecule has 2 aromatic carbocycles. The molecule has 6 heteroatoms. The van der Waals surface area contributed by atoms with Crippen LogP contribution in [0, 0.1) is 5.82 Å². The third kappa shape index (κ3) is 2.95. The molecule has 2 aromatic rings. The number of carboxylic acid groups (broad SMARTS) is 1. The third-order valence-corrected chi connectivity index (χ3v) is 2.66. The van der Waals surface area contributed by atoms with Crippen LogP contribution in [0.2, 0.25) is 5.02 Å². The van der Waals surface area contributed by atoms with E-state index >= 15 is 0 Å². The van der Waals surface area contributed by atoms with Gasteiger partial charge in [-0.1, -0.05) is 11.6 Å². The number of carbonyl (C=O) groups is 1. The van der Waals surface area contributed by atoms with Gasteiger partial charge < -0.3 is 15.6 Å². The summed E-state index contributed by atoms with van der Waals surface area (Å²) in [6.45, 7) is 0. The molecule has 0 aliphatic rings. The highest BCUT2D eigenvalue weighted by atomic mass is 35.5. The predicted octanol–water partition coefficient (Wildman–Crippen LogP) is 3.55. The van der Waals surface area contributed by atoms with Gasteiger partial charge in [0.1, 0.15) is 22.9 Å². The van der Waals surface area contributed by atoms with Gasteiger partial charge in [-0.3, -0.25) is 0 Å². The zero-order valence-electron chi connectivity index (χ0n) is 9.56. The average Bonchev–Trinajstić information content (AvgIpc) is 2.36. The molecule has 2 rings (SSSR count).